The average Bonchev–Trinajstić information content (AvgIpc) is 2.87. The third kappa shape index (κ3) is 3.03. The number of ether oxygens (including phenoxy) is 1. The summed E-state index contributed by atoms with van der Waals surface area (Å²) in [7, 11) is 0. The molecule has 2 N–H and O–H groups in total. The van der Waals surface area contributed by atoms with Crippen LogP contribution in [0.5, 0.6) is 5.75 Å². The van der Waals surface area contributed by atoms with Crippen molar-refractivity contribution in [2.45, 2.75) is 13.8 Å². The Hall–Kier alpha value is -2.41. The van der Waals surface area contributed by atoms with E-state index in [9.17, 15) is 14.7 Å². The summed E-state index contributed by atoms with van der Waals surface area (Å²) in [5.41, 5.74) is 0.903. The molecule has 1 heterocycles. The second-order valence-electron chi connectivity index (χ2n) is 4.24. The standard InChI is InChI=1S/C14H13NO5S/c1-3-20-14(19)11-10(13(17)18)15-12(21-11)8-6-7(2)4-5-9(8)16/h4-6,16H,3H2,1-2H3,(H,17,18). The fraction of sp³-hybridized carbons (Fsp3) is 0.214. The van der Waals surface area contributed by atoms with Crippen molar-refractivity contribution in [3.8, 4) is 16.3 Å². The fourth-order valence-electron chi connectivity index (χ4n) is 1.74. The highest BCUT2D eigenvalue weighted by Gasteiger charge is 2.25. The van der Waals surface area contributed by atoms with Crippen molar-refractivity contribution in [2.75, 3.05) is 6.61 Å². The number of aryl methyl sites for hydroxylation is 1. The summed E-state index contributed by atoms with van der Waals surface area (Å²) in [5.74, 6) is -2.07. The molecule has 0 radical (unpaired) electrons. The van der Waals surface area contributed by atoms with Crippen LogP contribution in [0.4, 0.5) is 0 Å². The average molecular weight is 307 g/mol. The predicted octanol–water partition coefficient (Wildman–Crippen LogP) is 2.70. The van der Waals surface area contributed by atoms with Crippen LogP contribution in [0.3, 0.4) is 0 Å². The van der Waals surface area contributed by atoms with Gasteiger partial charge in [0.2, 0.25) is 0 Å². The van der Waals surface area contributed by atoms with Crippen molar-refractivity contribution in [2.24, 2.45) is 0 Å². The molecule has 110 valence electrons. The number of carbonyl (C=O) groups excluding carboxylic acids is 1. The summed E-state index contributed by atoms with van der Waals surface area (Å²) in [6.07, 6.45) is 0. The molecule has 2 aromatic rings. The number of carboxylic acids is 1. The minimum absolute atomic E-state index is 0.0262. The van der Waals surface area contributed by atoms with Gasteiger partial charge in [-0.2, -0.15) is 0 Å². The van der Waals surface area contributed by atoms with Gasteiger partial charge in [0.25, 0.3) is 0 Å². The van der Waals surface area contributed by atoms with Gasteiger partial charge in [0.05, 0.1) is 12.2 Å². The van der Waals surface area contributed by atoms with E-state index in [1.165, 1.54) is 6.07 Å². The molecule has 0 amide bonds. The van der Waals surface area contributed by atoms with E-state index in [2.05, 4.69) is 4.98 Å². The Morgan fingerprint density at radius 2 is 2.10 bits per heavy atom. The van der Waals surface area contributed by atoms with Gasteiger partial charge >= 0.3 is 11.9 Å². The zero-order valence-electron chi connectivity index (χ0n) is 11.4. The Labute approximate surface area is 124 Å². The first-order chi connectivity index (χ1) is 9.93. The first-order valence-corrected chi connectivity index (χ1v) is 6.97. The van der Waals surface area contributed by atoms with E-state index < -0.39 is 11.9 Å². The lowest BCUT2D eigenvalue weighted by Crippen LogP contribution is -2.09. The molecule has 0 aliphatic rings. The monoisotopic (exact) mass is 307 g/mol. The second-order valence-corrected chi connectivity index (χ2v) is 5.24. The molecule has 0 bridgehead atoms. The minimum atomic E-state index is -1.31. The highest BCUT2D eigenvalue weighted by atomic mass is 32.1. The van der Waals surface area contributed by atoms with Crippen LogP contribution in [-0.4, -0.2) is 33.7 Å². The topological polar surface area (TPSA) is 96.7 Å². The van der Waals surface area contributed by atoms with Crippen LogP contribution < -0.4 is 0 Å². The lowest BCUT2D eigenvalue weighted by atomic mass is 10.1. The maximum atomic E-state index is 11.8. The number of nitrogens with zero attached hydrogens (tertiary/aromatic N) is 1. The Kier molecular flexibility index (Phi) is 4.23. The summed E-state index contributed by atoms with van der Waals surface area (Å²) in [4.78, 5) is 26.8. The van der Waals surface area contributed by atoms with Crippen molar-refractivity contribution in [3.63, 3.8) is 0 Å². The zero-order chi connectivity index (χ0) is 15.6. The van der Waals surface area contributed by atoms with Crippen molar-refractivity contribution >= 4 is 23.3 Å². The van der Waals surface area contributed by atoms with Crippen molar-refractivity contribution in [1.29, 1.82) is 0 Å². The first-order valence-electron chi connectivity index (χ1n) is 6.15. The van der Waals surface area contributed by atoms with Crippen LogP contribution in [0.2, 0.25) is 0 Å². The van der Waals surface area contributed by atoms with Crippen molar-refractivity contribution in [1.82, 2.24) is 4.98 Å². The molecular weight excluding hydrogens is 294 g/mol. The minimum Gasteiger partial charge on any atom is -0.507 e. The number of hydrogen-bond donors (Lipinski definition) is 2. The van der Waals surface area contributed by atoms with Crippen LogP contribution >= 0.6 is 11.3 Å². The normalized spacial score (nSPS) is 10.4. The van der Waals surface area contributed by atoms with E-state index in [1.54, 1.807) is 19.1 Å². The Morgan fingerprint density at radius 3 is 2.71 bits per heavy atom. The van der Waals surface area contributed by atoms with E-state index >= 15 is 0 Å². The van der Waals surface area contributed by atoms with Gasteiger partial charge in [0.15, 0.2) is 5.69 Å². The molecule has 0 saturated carbocycles. The maximum Gasteiger partial charge on any atom is 0.356 e. The van der Waals surface area contributed by atoms with Crippen LogP contribution in [0.15, 0.2) is 18.2 Å². The van der Waals surface area contributed by atoms with Crippen molar-refractivity contribution in [3.05, 3.63) is 34.3 Å². The number of rotatable bonds is 4. The third-order valence-corrected chi connectivity index (χ3v) is 3.74. The summed E-state index contributed by atoms with van der Waals surface area (Å²) in [6, 6.07) is 4.89. The Bertz CT molecular complexity index is 707. The number of esters is 1. The van der Waals surface area contributed by atoms with E-state index in [4.69, 9.17) is 9.84 Å². The summed E-state index contributed by atoms with van der Waals surface area (Å²) >= 11 is 0.885. The number of phenols is 1. The SMILES string of the molecule is CCOC(=O)c1sc(-c2cc(C)ccc2O)nc1C(=O)O. The highest BCUT2D eigenvalue weighted by molar-refractivity contribution is 7.17. The van der Waals surface area contributed by atoms with E-state index in [-0.39, 0.29) is 27.9 Å². The Morgan fingerprint density at radius 1 is 1.38 bits per heavy atom. The van der Waals surface area contributed by atoms with Gasteiger partial charge < -0.3 is 14.9 Å². The molecule has 0 atom stereocenters. The number of carbonyl (C=O) groups is 2. The number of hydrogen-bond acceptors (Lipinski definition) is 6. The molecule has 0 spiro atoms. The Balaban J connectivity index is 2.56. The van der Waals surface area contributed by atoms with Crippen LogP contribution in [0, 0.1) is 6.92 Å². The lowest BCUT2D eigenvalue weighted by Gasteiger charge is -2.01. The van der Waals surface area contributed by atoms with Gasteiger partial charge in [-0.1, -0.05) is 11.6 Å². The molecule has 6 nitrogen and oxygen atoms in total. The van der Waals surface area contributed by atoms with Gasteiger partial charge in [0.1, 0.15) is 15.6 Å². The number of carboxylic acid groups (broad SMARTS) is 1. The molecule has 1 aromatic heterocycles. The quantitative estimate of drug-likeness (QED) is 0.843. The molecular formula is C14H13NO5S. The molecule has 7 heteroatoms. The van der Waals surface area contributed by atoms with Crippen LogP contribution in [0.1, 0.15) is 32.6 Å². The molecule has 21 heavy (non-hydrogen) atoms. The van der Waals surface area contributed by atoms with E-state index in [0.717, 1.165) is 16.9 Å². The van der Waals surface area contributed by atoms with Gasteiger partial charge in [-0.3, -0.25) is 0 Å². The smallest absolute Gasteiger partial charge is 0.356 e. The number of phenolic OH excluding ortho intramolecular Hbond substituents is 1. The number of aromatic carboxylic acids is 1. The van der Waals surface area contributed by atoms with E-state index in [1.807, 2.05) is 6.92 Å². The fourth-order valence-corrected chi connectivity index (χ4v) is 2.71. The lowest BCUT2D eigenvalue weighted by molar-refractivity contribution is 0.0519. The summed E-state index contributed by atoms with van der Waals surface area (Å²) in [6.45, 7) is 3.61. The van der Waals surface area contributed by atoms with Crippen molar-refractivity contribution < 1.29 is 24.5 Å². The van der Waals surface area contributed by atoms with Gasteiger partial charge in [-0.15, -0.1) is 11.3 Å². The van der Waals surface area contributed by atoms with E-state index in [0.29, 0.717) is 5.56 Å². The van der Waals surface area contributed by atoms with Gasteiger partial charge in [0, 0.05) is 0 Å². The molecule has 2 rings (SSSR count). The zero-order valence-corrected chi connectivity index (χ0v) is 12.2. The molecule has 0 fully saturated rings. The number of benzene rings is 1. The van der Waals surface area contributed by atoms with Crippen LogP contribution in [0.25, 0.3) is 10.6 Å². The molecule has 0 aliphatic carbocycles. The molecule has 0 saturated heterocycles. The summed E-state index contributed by atoms with van der Waals surface area (Å²) in [5, 5.41) is 19.3. The third-order valence-electron chi connectivity index (χ3n) is 2.67. The first kappa shape index (κ1) is 15.0. The predicted molar refractivity (Wildman–Crippen MR) is 76.9 cm³/mol. The highest BCUT2D eigenvalue weighted by Crippen LogP contribution is 2.35. The molecule has 0 aliphatic heterocycles. The molecule has 0 unspecified atom stereocenters. The maximum absolute atomic E-state index is 11.8. The van der Waals surface area contributed by atoms with Gasteiger partial charge in [-0.25, -0.2) is 14.6 Å². The number of thiazole rings is 1. The van der Waals surface area contributed by atoms with Crippen LogP contribution in [-0.2, 0) is 4.74 Å². The van der Waals surface area contributed by atoms with Gasteiger partial charge in [-0.05, 0) is 26.0 Å². The number of aromatic nitrogens is 1. The number of aromatic hydroxyl groups is 1. The largest absolute Gasteiger partial charge is 0.507 e. The summed E-state index contributed by atoms with van der Waals surface area (Å²) < 4.78 is 4.83. The molecule has 1 aromatic carbocycles. The second kappa shape index (κ2) is 5.92.